The van der Waals surface area contributed by atoms with Crippen molar-refractivity contribution in [3.05, 3.63) is 17.8 Å². The molecule has 4 nitrogen and oxygen atoms in total. The zero-order valence-electron chi connectivity index (χ0n) is 9.94. The van der Waals surface area contributed by atoms with Crippen LogP contribution in [0.2, 0.25) is 0 Å². The van der Waals surface area contributed by atoms with E-state index in [-0.39, 0.29) is 0 Å². The van der Waals surface area contributed by atoms with Crippen molar-refractivity contribution in [1.29, 1.82) is 5.26 Å². The van der Waals surface area contributed by atoms with E-state index in [1.54, 1.807) is 12.3 Å². The highest BCUT2D eigenvalue weighted by Crippen LogP contribution is 2.40. The van der Waals surface area contributed by atoms with Gasteiger partial charge in [0.15, 0.2) is 5.82 Å². The molecule has 90 valence electrons. The molecule has 1 heterocycles. The summed E-state index contributed by atoms with van der Waals surface area (Å²) in [6.45, 7) is 0.863. The van der Waals surface area contributed by atoms with Gasteiger partial charge in [-0.1, -0.05) is 12.8 Å². The lowest BCUT2D eigenvalue weighted by Gasteiger charge is -2.27. The molecule has 0 aromatic carbocycles. The summed E-state index contributed by atoms with van der Waals surface area (Å²) in [4.78, 5) is 0. The molecule has 5 heteroatoms. The molecule has 1 aliphatic rings. The number of hydrogen-bond donors (Lipinski definition) is 1. The van der Waals surface area contributed by atoms with Gasteiger partial charge in [-0.05, 0) is 25.2 Å². The van der Waals surface area contributed by atoms with E-state index >= 15 is 0 Å². The maximum Gasteiger partial charge on any atom is 0.166 e. The predicted octanol–water partition coefficient (Wildman–Crippen LogP) is 2.44. The molecule has 1 aliphatic carbocycles. The van der Waals surface area contributed by atoms with E-state index in [4.69, 9.17) is 5.26 Å². The van der Waals surface area contributed by atoms with Gasteiger partial charge in [0.25, 0.3) is 0 Å². The van der Waals surface area contributed by atoms with Crippen LogP contribution in [0.1, 0.15) is 31.2 Å². The van der Waals surface area contributed by atoms with Crippen molar-refractivity contribution in [1.82, 2.24) is 10.2 Å². The van der Waals surface area contributed by atoms with Crippen LogP contribution in [0, 0.1) is 11.3 Å². The number of thioether (sulfide) groups is 1. The Bertz CT molecular complexity index is 421. The second kappa shape index (κ2) is 5.37. The summed E-state index contributed by atoms with van der Waals surface area (Å²) in [5, 5.41) is 20.0. The van der Waals surface area contributed by atoms with Crippen LogP contribution < -0.4 is 5.32 Å². The van der Waals surface area contributed by atoms with Crippen molar-refractivity contribution >= 4 is 17.6 Å². The predicted molar refractivity (Wildman–Crippen MR) is 70.0 cm³/mol. The van der Waals surface area contributed by atoms with Crippen LogP contribution in [-0.4, -0.2) is 27.7 Å². The number of hydrogen-bond acceptors (Lipinski definition) is 5. The molecule has 2 rings (SSSR count). The molecule has 1 fully saturated rings. The third-order valence-electron chi connectivity index (χ3n) is 3.37. The molecule has 0 radical (unpaired) electrons. The Morgan fingerprint density at radius 2 is 2.29 bits per heavy atom. The SMILES string of the molecule is CSC1(CNc2nnccc2C#N)CCCC1. The van der Waals surface area contributed by atoms with Gasteiger partial charge in [0, 0.05) is 11.3 Å². The molecule has 1 aromatic heterocycles. The van der Waals surface area contributed by atoms with E-state index in [9.17, 15) is 0 Å². The fourth-order valence-corrected chi connectivity index (χ4v) is 3.18. The molecule has 0 bridgehead atoms. The molecule has 1 aromatic rings. The molecular weight excluding hydrogens is 232 g/mol. The van der Waals surface area contributed by atoms with E-state index < -0.39 is 0 Å². The summed E-state index contributed by atoms with van der Waals surface area (Å²) in [6.07, 6.45) is 8.79. The first kappa shape index (κ1) is 12.2. The Hall–Kier alpha value is -1.28. The minimum Gasteiger partial charge on any atom is -0.366 e. The normalized spacial score (nSPS) is 17.6. The van der Waals surface area contributed by atoms with Crippen LogP contribution in [0.3, 0.4) is 0 Å². The molecule has 17 heavy (non-hydrogen) atoms. The molecule has 0 aliphatic heterocycles. The lowest BCUT2D eigenvalue weighted by atomic mass is 10.1. The number of anilines is 1. The molecule has 1 N–H and O–H groups in total. The van der Waals surface area contributed by atoms with E-state index in [1.807, 2.05) is 11.8 Å². The van der Waals surface area contributed by atoms with Crippen molar-refractivity contribution < 1.29 is 0 Å². The highest BCUT2D eigenvalue weighted by molar-refractivity contribution is 8.00. The Morgan fingerprint density at radius 1 is 1.53 bits per heavy atom. The molecule has 0 amide bonds. The van der Waals surface area contributed by atoms with Gasteiger partial charge in [-0.3, -0.25) is 0 Å². The topological polar surface area (TPSA) is 61.6 Å². The van der Waals surface area contributed by atoms with E-state index in [2.05, 4.69) is 27.8 Å². The van der Waals surface area contributed by atoms with Gasteiger partial charge < -0.3 is 5.32 Å². The Morgan fingerprint density at radius 3 is 2.94 bits per heavy atom. The molecule has 1 saturated carbocycles. The maximum absolute atomic E-state index is 8.97. The number of nitriles is 1. The monoisotopic (exact) mass is 248 g/mol. The van der Waals surface area contributed by atoms with E-state index in [1.165, 1.54) is 25.7 Å². The van der Waals surface area contributed by atoms with Crippen LogP contribution in [0.5, 0.6) is 0 Å². The first-order valence-corrected chi connectivity index (χ1v) is 7.03. The summed E-state index contributed by atoms with van der Waals surface area (Å²) in [6, 6.07) is 3.82. The zero-order valence-corrected chi connectivity index (χ0v) is 10.8. The van der Waals surface area contributed by atoms with Gasteiger partial charge in [-0.2, -0.15) is 22.1 Å². The average molecular weight is 248 g/mol. The molecule has 0 saturated heterocycles. The molecule has 0 unspecified atom stereocenters. The number of aromatic nitrogens is 2. The third-order valence-corrected chi connectivity index (χ3v) is 4.79. The quantitative estimate of drug-likeness (QED) is 0.886. The van der Waals surface area contributed by atoms with Crippen molar-refractivity contribution in [2.75, 3.05) is 18.1 Å². The largest absolute Gasteiger partial charge is 0.366 e. The molecular formula is C12H16N4S. The van der Waals surface area contributed by atoms with Crippen LogP contribution >= 0.6 is 11.8 Å². The molecule has 0 spiro atoms. The zero-order chi connectivity index (χ0) is 12.1. The third kappa shape index (κ3) is 2.70. The summed E-state index contributed by atoms with van der Waals surface area (Å²) in [5.41, 5.74) is 0.564. The summed E-state index contributed by atoms with van der Waals surface area (Å²) < 4.78 is 0.310. The van der Waals surface area contributed by atoms with Crippen molar-refractivity contribution in [3.63, 3.8) is 0 Å². The highest BCUT2D eigenvalue weighted by atomic mass is 32.2. The standard InChI is InChI=1S/C12H16N4S/c1-17-12(5-2-3-6-12)9-14-11-10(8-13)4-7-15-16-11/h4,7H,2-3,5-6,9H2,1H3,(H,14,16). The van der Waals surface area contributed by atoms with E-state index in [0.29, 0.717) is 16.1 Å². The van der Waals surface area contributed by atoms with Gasteiger partial charge in [-0.25, -0.2) is 0 Å². The first-order chi connectivity index (χ1) is 8.29. The smallest absolute Gasteiger partial charge is 0.166 e. The lowest BCUT2D eigenvalue weighted by Crippen LogP contribution is -2.30. The van der Waals surface area contributed by atoms with Crippen LogP contribution in [0.15, 0.2) is 12.3 Å². The summed E-state index contributed by atoms with van der Waals surface area (Å²) in [7, 11) is 0. The minimum absolute atomic E-state index is 0.310. The average Bonchev–Trinajstić information content (AvgIpc) is 2.86. The second-order valence-electron chi connectivity index (χ2n) is 4.35. The Kier molecular flexibility index (Phi) is 3.85. The van der Waals surface area contributed by atoms with E-state index in [0.717, 1.165) is 6.54 Å². The Balaban J connectivity index is 2.04. The van der Waals surface area contributed by atoms with Crippen LogP contribution in [0.4, 0.5) is 5.82 Å². The fourth-order valence-electron chi connectivity index (χ4n) is 2.27. The van der Waals surface area contributed by atoms with Crippen LogP contribution in [0.25, 0.3) is 0 Å². The molecule has 0 atom stereocenters. The Labute approximate surface area is 106 Å². The fraction of sp³-hybridized carbons (Fsp3) is 0.583. The van der Waals surface area contributed by atoms with Crippen molar-refractivity contribution in [2.24, 2.45) is 0 Å². The summed E-state index contributed by atoms with van der Waals surface area (Å²) >= 11 is 1.92. The van der Waals surface area contributed by atoms with Gasteiger partial charge in [-0.15, -0.1) is 5.10 Å². The van der Waals surface area contributed by atoms with Gasteiger partial charge >= 0.3 is 0 Å². The number of nitrogens with one attached hydrogen (secondary N) is 1. The van der Waals surface area contributed by atoms with Crippen molar-refractivity contribution in [2.45, 2.75) is 30.4 Å². The first-order valence-electron chi connectivity index (χ1n) is 5.80. The lowest BCUT2D eigenvalue weighted by molar-refractivity contribution is 0.638. The number of nitrogens with zero attached hydrogens (tertiary/aromatic N) is 3. The van der Waals surface area contributed by atoms with Gasteiger partial charge in [0.2, 0.25) is 0 Å². The van der Waals surface area contributed by atoms with Gasteiger partial charge in [0.05, 0.1) is 11.8 Å². The second-order valence-corrected chi connectivity index (χ2v) is 5.63. The maximum atomic E-state index is 8.97. The van der Waals surface area contributed by atoms with Crippen molar-refractivity contribution in [3.8, 4) is 6.07 Å². The summed E-state index contributed by atoms with van der Waals surface area (Å²) in [5.74, 6) is 0.607. The number of rotatable bonds is 4. The van der Waals surface area contributed by atoms with Crippen LogP contribution in [-0.2, 0) is 0 Å². The van der Waals surface area contributed by atoms with Gasteiger partial charge in [0.1, 0.15) is 6.07 Å². The highest BCUT2D eigenvalue weighted by Gasteiger charge is 2.32. The minimum atomic E-state index is 0.310.